The largest absolute Gasteiger partial charge is 0.425 e. The van der Waals surface area contributed by atoms with Crippen LogP contribution in [0.5, 0.6) is 0 Å². The first kappa shape index (κ1) is 22.2. The van der Waals surface area contributed by atoms with Crippen molar-refractivity contribution in [2.75, 3.05) is 0 Å². The number of carbonyl (C=O) groups is 1. The number of benzene rings is 2. The van der Waals surface area contributed by atoms with E-state index in [0.717, 1.165) is 10.1 Å². The highest BCUT2D eigenvalue weighted by molar-refractivity contribution is 6.22. The Labute approximate surface area is 198 Å². The van der Waals surface area contributed by atoms with Crippen molar-refractivity contribution in [1.82, 2.24) is 9.13 Å². The number of hydrogen-bond donors (Lipinski definition) is 1. The number of aromatic nitrogens is 2. The highest BCUT2D eigenvalue weighted by Gasteiger charge is 2.45. The number of nitro benzene ring substituents is 1. The Morgan fingerprint density at radius 1 is 1.06 bits per heavy atom. The van der Waals surface area contributed by atoms with Crippen LogP contribution in [0.2, 0.25) is 0 Å². The van der Waals surface area contributed by atoms with Gasteiger partial charge in [0, 0.05) is 36.7 Å². The summed E-state index contributed by atoms with van der Waals surface area (Å²) in [7, 11) is 2.96. The number of hydrogen-bond acceptors (Lipinski definition) is 6. The molecule has 3 aromatic rings. The topological polar surface area (TPSA) is 127 Å². The maximum atomic E-state index is 13.5. The third-order valence-electron chi connectivity index (χ3n) is 6.42. The molecule has 176 valence electrons. The van der Waals surface area contributed by atoms with Gasteiger partial charge in [-0.05, 0) is 11.6 Å². The zero-order valence-electron chi connectivity index (χ0n) is 19.2. The van der Waals surface area contributed by atoms with Crippen LogP contribution >= 0.6 is 0 Å². The fourth-order valence-electron chi connectivity index (χ4n) is 4.67. The number of non-ortho nitro benzene ring substituents is 1. The minimum absolute atomic E-state index is 0.0956. The van der Waals surface area contributed by atoms with Gasteiger partial charge in [-0.15, -0.1) is 0 Å². The Hall–Kier alpha value is -4.60. The Kier molecular flexibility index (Phi) is 5.08. The standard InChI is InChI=1S/C25H20N4O6/c1-4-17(30)35-22-16-8-6-5-7-15(16)21-19(22)18(13-9-11-14(12-10-13)29(33)34)20-23(26-21)27(2)25(32)28(3)24(20)31/h5-12,18H,4H2,1-3H3/p+1. The van der Waals surface area contributed by atoms with E-state index in [9.17, 15) is 24.5 Å². The van der Waals surface area contributed by atoms with Gasteiger partial charge in [0.15, 0.2) is 0 Å². The molecular formula is C25H21N4O6+. The van der Waals surface area contributed by atoms with Crippen LogP contribution < -0.4 is 16.2 Å². The van der Waals surface area contributed by atoms with Crippen molar-refractivity contribution in [3.63, 3.8) is 0 Å². The molecule has 0 spiro atoms. The zero-order chi connectivity index (χ0) is 25.0. The predicted molar refractivity (Wildman–Crippen MR) is 126 cm³/mol. The lowest BCUT2D eigenvalue weighted by atomic mass is 9.81. The van der Waals surface area contributed by atoms with Crippen molar-refractivity contribution in [2.24, 2.45) is 14.1 Å². The van der Waals surface area contributed by atoms with Crippen LogP contribution in [0.4, 0.5) is 11.5 Å². The van der Waals surface area contributed by atoms with Crippen LogP contribution in [0.3, 0.4) is 0 Å². The smallest absolute Gasteiger partial charge is 0.417 e. The van der Waals surface area contributed by atoms with Crippen molar-refractivity contribution >= 4 is 28.9 Å². The van der Waals surface area contributed by atoms with Gasteiger partial charge in [-0.25, -0.2) is 14.4 Å². The monoisotopic (exact) mass is 473 g/mol. The molecule has 1 N–H and O–H groups in total. The molecule has 1 unspecified atom stereocenters. The van der Waals surface area contributed by atoms with Crippen LogP contribution in [0, 0.1) is 10.1 Å². The minimum Gasteiger partial charge on any atom is -0.425 e. The highest BCUT2D eigenvalue weighted by atomic mass is 16.6. The fraction of sp³-hybridized carbons (Fsp3) is 0.200. The zero-order valence-corrected chi connectivity index (χ0v) is 19.2. The SMILES string of the molecule is CCC(=O)OC1=C2C(=[NH+]c3c(c(=O)n(C)c(=O)n3C)C2c2ccc([N+](=O)[O-])cc2)c2ccccc21. The normalized spacial score (nSPS) is 15.7. The lowest BCUT2D eigenvalue weighted by Gasteiger charge is -2.24. The molecule has 0 amide bonds. The summed E-state index contributed by atoms with van der Waals surface area (Å²) in [5.74, 6) is -0.553. The van der Waals surface area contributed by atoms with Gasteiger partial charge in [0.2, 0.25) is 0 Å². The maximum absolute atomic E-state index is 13.5. The lowest BCUT2D eigenvalue weighted by molar-refractivity contribution is -0.384. The average Bonchev–Trinajstić information content (AvgIpc) is 3.18. The molecule has 0 saturated carbocycles. The van der Waals surface area contributed by atoms with Crippen molar-refractivity contribution < 1.29 is 19.4 Å². The number of fused-ring (bicyclic) bond motifs is 4. The summed E-state index contributed by atoms with van der Waals surface area (Å²) in [6, 6.07) is 13.2. The highest BCUT2D eigenvalue weighted by Crippen LogP contribution is 2.45. The van der Waals surface area contributed by atoms with E-state index in [0.29, 0.717) is 34.0 Å². The number of rotatable bonds is 4. The van der Waals surface area contributed by atoms with Gasteiger partial charge in [0.05, 0.1) is 23.5 Å². The van der Waals surface area contributed by atoms with Gasteiger partial charge in [0.25, 0.3) is 17.1 Å². The first-order valence-electron chi connectivity index (χ1n) is 11.0. The van der Waals surface area contributed by atoms with Gasteiger partial charge < -0.3 is 4.74 Å². The quantitative estimate of drug-likeness (QED) is 0.342. The van der Waals surface area contributed by atoms with Gasteiger partial charge in [-0.2, -0.15) is 4.57 Å². The molecule has 1 aromatic heterocycles. The third kappa shape index (κ3) is 3.25. The summed E-state index contributed by atoms with van der Waals surface area (Å²) in [6.07, 6.45) is 0.150. The molecule has 1 atom stereocenters. The number of carbonyl (C=O) groups excluding carboxylic acids is 1. The van der Waals surface area contributed by atoms with E-state index in [4.69, 9.17) is 4.74 Å². The van der Waals surface area contributed by atoms with Crippen LogP contribution in [0.15, 0.2) is 63.7 Å². The summed E-state index contributed by atoms with van der Waals surface area (Å²) in [5, 5.41) is 11.2. The Bertz CT molecular complexity index is 1610. The molecule has 0 radical (unpaired) electrons. The molecule has 5 rings (SSSR count). The van der Waals surface area contributed by atoms with Crippen molar-refractivity contribution in [2.45, 2.75) is 19.3 Å². The molecule has 2 aromatic carbocycles. The van der Waals surface area contributed by atoms with Crippen LogP contribution in [-0.2, 0) is 23.6 Å². The summed E-state index contributed by atoms with van der Waals surface area (Å²) in [6.45, 7) is 1.69. The molecule has 0 bridgehead atoms. The maximum Gasteiger partial charge on any atom is 0.417 e. The number of esters is 1. The molecule has 0 fully saturated rings. The molecule has 1 aliphatic heterocycles. The second kappa shape index (κ2) is 8.01. The van der Waals surface area contributed by atoms with Crippen molar-refractivity contribution in [3.05, 3.63) is 107 Å². The minimum atomic E-state index is -0.750. The summed E-state index contributed by atoms with van der Waals surface area (Å²) in [4.78, 5) is 52.6. The second-order valence-corrected chi connectivity index (χ2v) is 8.37. The Morgan fingerprint density at radius 2 is 1.71 bits per heavy atom. The van der Waals surface area contributed by atoms with Crippen molar-refractivity contribution in [3.8, 4) is 0 Å². The lowest BCUT2D eigenvalue weighted by Crippen LogP contribution is -2.73. The average molecular weight is 473 g/mol. The number of nitrogens with one attached hydrogen (secondary N) is 1. The van der Waals surface area contributed by atoms with Gasteiger partial charge in [-0.3, -0.25) is 19.7 Å². The number of nitrogens with zero attached hydrogens (tertiary/aromatic N) is 3. The second-order valence-electron chi connectivity index (χ2n) is 8.37. The molecule has 35 heavy (non-hydrogen) atoms. The van der Waals surface area contributed by atoms with E-state index < -0.39 is 28.1 Å². The molecular weight excluding hydrogens is 452 g/mol. The first-order valence-corrected chi connectivity index (χ1v) is 11.0. The molecule has 0 saturated heterocycles. The molecule has 1 aliphatic carbocycles. The molecule has 2 aliphatic rings. The number of ether oxygens (including phenoxy) is 1. The Balaban J connectivity index is 1.90. The molecule has 10 nitrogen and oxygen atoms in total. The van der Waals surface area contributed by atoms with Gasteiger partial charge in [0.1, 0.15) is 17.0 Å². The number of allylic oxidation sites excluding steroid dienone is 1. The number of nitro groups is 1. The van der Waals surface area contributed by atoms with Gasteiger partial charge in [-0.1, -0.05) is 37.3 Å². The first-order chi connectivity index (χ1) is 16.7. The summed E-state index contributed by atoms with van der Waals surface area (Å²) in [5.41, 5.74) is 2.36. The van der Waals surface area contributed by atoms with E-state index in [1.165, 1.54) is 23.7 Å². The summed E-state index contributed by atoms with van der Waals surface area (Å²) < 4.78 is 8.18. The summed E-state index contributed by atoms with van der Waals surface area (Å²) >= 11 is 0. The molecule has 2 heterocycles. The van der Waals surface area contributed by atoms with Crippen LogP contribution in [-0.4, -0.2) is 25.7 Å². The fourth-order valence-corrected chi connectivity index (χ4v) is 4.67. The van der Waals surface area contributed by atoms with E-state index in [-0.39, 0.29) is 17.7 Å². The van der Waals surface area contributed by atoms with E-state index >= 15 is 0 Å². The Morgan fingerprint density at radius 3 is 2.34 bits per heavy atom. The van der Waals surface area contributed by atoms with E-state index in [2.05, 4.69) is 4.99 Å². The third-order valence-corrected chi connectivity index (χ3v) is 6.42. The van der Waals surface area contributed by atoms with E-state index in [1.807, 2.05) is 24.3 Å². The van der Waals surface area contributed by atoms with Crippen LogP contribution in [0.25, 0.3) is 5.76 Å². The van der Waals surface area contributed by atoms with Gasteiger partial charge >= 0.3 is 11.7 Å². The van der Waals surface area contributed by atoms with E-state index in [1.54, 1.807) is 26.1 Å². The predicted octanol–water partition coefficient (Wildman–Crippen LogP) is 1.02. The van der Waals surface area contributed by atoms with Crippen LogP contribution in [0.1, 0.15) is 41.5 Å². The van der Waals surface area contributed by atoms with Crippen molar-refractivity contribution in [1.29, 1.82) is 0 Å². The molecule has 10 heteroatoms.